The van der Waals surface area contributed by atoms with Crippen LogP contribution in [0.25, 0.3) is 10.2 Å². The van der Waals surface area contributed by atoms with Crippen LogP contribution in [0.4, 0.5) is 11.0 Å². The normalized spacial score (nSPS) is 11.2. The number of halogens is 1. The van der Waals surface area contributed by atoms with E-state index in [0.717, 1.165) is 33.2 Å². The number of rotatable bonds is 6. The maximum atomic E-state index is 13.2. The zero-order valence-corrected chi connectivity index (χ0v) is 18.5. The lowest BCUT2D eigenvalue weighted by atomic mass is 10.2. The van der Waals surface area contributed by atoms with Gasteiger partial charge in [0.2, 0.25) is 0 Å². The molecule has 1 amide bonds. The first-order valence-electron chi connectivity index (χ1n) is 9.37. The van der Waals surface area contributed by atoms with Crippen molar-refractivity contribution in [2.24, 2.45) is 0 Å². The molecule has 0 saturated heterocycles. The summed E-state index contributed by atoms with van der Waals surface area (Å²) in [5.41, 5.74) is 3.48. The number of furan rings is 1. The van der Waals surface area contributed by atoms with E-state index in [-0.39, 0.29) is 12.3 Å². The molecule has 160 valence electrons. The summed E-state index contributed by atoms with van der Waals surface area (Å²) in [6, 6.07) is 8.02. The van der Waals surface area contributed by atoms with Crippen molar-refractivity contribution in [1.82, 2.24) is 14.8 Å². The number of carbonyl (C=O) groups excluding carboxylic acids is 1. The topological polar surface area (TPSA) is 107 Å². The number of hydrogen-bond donors (Lipinski definition) is 0. The first kappa shape index (κ1) is 21.0. The van der Waals surface area contributed by atoms with E-state index in [2.05, 4.69) is 10.1 Å². The molecule has 0 aliphatic heterocycles. The molecule has 0 aliphatic rings. The van der Waals surface area contributed by atoms with Crippen LogP contribution in [0, 0.1) is 30.9 Å². The third kappa shape index (κ3) is 4.17. The number of nitro groups is 1. The highest BCUT2D eigenvalue weighted by molar-refractivity contribution is 7.22. The van der Waals surface area contributed by atoms with Crippen LogP contribution in [0.15, 0.2) is 34.7 Å². The lowest BCUT2D eigenvalue weighted by Gasteiger charge is -2.19. The average molecular weight is 460 g/mol. The standard InChI is InChI=1S/C20H18ClN5O4S/c1-11-8-14(21)10-16-18(11)22-20(31-16)24(6-7-25-13(3)9-12(2)23-25)19(27)15-4-5-17(30-15)26(28)29/h4-5,8-10H,6-7H2,1-3H3. The number of benzene rings is 1. The van der Waals surface area contributed by atoms with Gasteiger partial charge in [0.05, 0.1) is 28.5 Å². The van der Waals surface area contributed by atoms with E-state index in [9.17, 15) is 14.9 Å². The van der Waals surface area contributed by atoms with Crippen molar-refractivity contribution in [3.05, 3.63) is 68.2 Å². The van der Waals surface area contributed by atoms with Gasteiger partial charge in [0.1, 0.15) is 4.92 Å². The Bertz CT molecular complexity index is 1310. The smallest absolute Gasteiger partial charge is 0.395 e. The molecule has 1 aromatic carbocycles. The molecule has 0 radical (unpaired) electrons. The molecule has 0 spiro atoms. The highest BCUT2D eigenvalue weighted by Gasteiger charge is 2.26. The van der Waals surface area contributed by atoms with Crippen molar-refractivity contribution in [2.45, 2.75) is 27.3 Å². The number of hydrogen-bond acceptors (Lipinski definition) is 7. The zero-order chi connectivity index (χ0) is 22.3. The summed E-state index contributed by atoms with van der Waals surface area (Å²) in [5, 5.41) is 16.4. The summed E-state index contributed by atoms with van der Waals surface area (Å²) < 4.78 is 7.79. The number of anilines is 1. The molecule has 4 aromatic rings. The predicted octanol–water partition coefficient (Wildman–Crippen LogP) is 4.92. The molecule has 0 N–H and O–H groups in total. The van der Waals surface area contributed by atoms with Gasteiger partial charge in [-0.2, -0.15) is 5.10 Å². The quantitative estimate of drug-likeness (QED) is 0.299. The van der Waals surface area contributed by atoms with Gasteiger partial charge in [0.15, 0.2) is 10.9 Å². The second kappa shape index (κ2) is 8.12. The molecule has 0 aliphatic carbocycles. The zero-order valence-electron chi connectivity index (χ0n) is 17.0. The summed E-state index contributed by atoms with van der Waals surface area (Å²) in [6.07, 6.45) is 0. The molecule has 9 nitrogen and oxygen atoms in total. The second-order valence-electron chi connectivity index (χ2n) is 7.07. The Morgan fingerprint density at radius 2 is 2.06 bits per heavy atom. The minimum atomic E-state index is -0.681. The summed E-state index contributed by atoms with van der Waals surface area (Å²) in [6.45, 7) is 6.40. The van der Waals surface area contributed by atoms with Crippen molar-refractivity contribution in [2.75, 3.05) is 11.4 Å². The van der Waals surface area contributed by atoms with Gasteiger partial charge in [-0.3, -0.25) is 24.5 Å². The van der Waals surface area contributed by atoms with Gasteiger partial charge in [-0.15, -0.1) is 0 Å². The summed E-state index contributed by atoms with van der Waals surface area (Å²) in [4.78, 5) is 29.6. The SMILES string of the molecule is Cc1cc(C)n(CCN(C(=O)c2ccc([N+](=O)[O-])o2)c2nc3c(C)cc(Cl)cc3s2)n1. The lowest BCUT2D eigenvalue weighted by Crippen LogP contribution is -2.34. The van der Waals surface area contributed by atoms with Gasteiger partial charge in [-0.05, 0) is 50.6 Å². The fourth-order valence-electron chi connectivity index (χ4n) is 3.31. The number of amides is 1. The van der Waals surface area contributed by atoms with Gasteiger partial charge in [-0.25, -0.2) is 4.98 Å². The highest BCUT2D eigenvalue weighted by Crippen LogP contribution is 2.34. The Labute approximate surface area is 186 Å². The molecule has 4 rings (SSSR count). The Morgan fingerprint density at radius 1 is 1.29 bits per heavy atom. The van der Waals surface area contributed by atoms with Crippen molar-refractivity contribution in [1.29, 1.82) is 0 Å². The molecular formula is C20H18ClN5O4S. The van der Waals surface area contributed by atoms with Gasteiger partial charge in [-0.1, -0.05) is 22.9 Å². The van der Waals surface area contributed by atoms with Crippen molar-refractivity contribution in [3.8, 4) is 0 Å². The third-order valence-electron chi connectivity index (χ3n) is 4.74. The monoisotopic (exact) mass is 459 g/mol. The maximum Gasteiger partial charge on any atom is 0.433 e. The molecule has 11 heteroatoms. The first-order chi connectivity index (χ1) is 14.7. The minimum Gasteiger partial charge on any atom is -0.395 e. The molecule has 0 saturated carbocycles. The number of fused-ring (bicyclic) bond motifs is 1. The first-order valence-corrected chi connectivity index (χ1v) is 10.6. The van der Waals surface area contributed by atoms with E-state index in [0.29, 0.717) is 16.7 Å². The van der Waals surface area contributed by atoms with Crippen molar-refractivity contribution >= 4 is 50.1 Å². The van der Waals surface area contributed by atoms with Crippen LogP contribution < -0.4 is 4.90 Å². The number of aromatic nitrogens is 3. The van der Waals surface area contributed by atoms with Gasteiger partial charge in [0.25, 0.3) is 5.91 Å². The van der Waals surface area contributed by atoms with Crippen LogP contribution in [0.1, 0.15) is 27.5 Å². The lowest BCUT2D eigenvalue weighted by molar-refractivity contribution is -0.402. The summed E-state index contributed by atoms with van der Waals surface area (Å²) in [5.74, 6) is -1.14. The van der Waals surface area contributed by atoms with Crippen LogP contribution in [0.2, 0.25) is 5.02 Å². The second-order valence-corrected chi connectivity index (χ2v) is 8.51. The van der Waals surface area contributed by atoms with Gasteiger partial charge in [0, 0.05) is 17.3 Å². The van der Waals surface area contributed by atoms with E-state index in [1.807, 2.05) is 32.9 Å². The molecule has 0 fully saturated rings. The molecule has 0 atom stereocenters. The van der Waals surface area contributed by atoms with Crippen LogP contribution in [-0.4, -0.2) is 32.1 Å². The third-order valence-corrected chi connectivity index (χ3v) is 5.98. The molecule has 0 bridgehead atoms. The number of aryl methyl sites for hydroxylation is 3. The van der Waals surface area contributed by atoms with E-state index < -0.39 is 16.7 Å². The van der Waals surface area contributed by atoms with Crippen LogP contribution >= 0.6 is 22.9 Å². The average Bonchev–Trinajstić information content (AvgIpc) is 3.40. The molecular weight excluding hydrogens is 442 g/mol. The summed E-state index contributed by atoms with van der Waals surface area (Å²) in [7, 11) is 0. The molecule has 0 unspecified atom stereocenters. The number of carbonyl (C=O) groups is 1. The van der Waals surface area contributed by atoms with Gasteiger partial charge < -0.3 is 4.42 Å². The van der Waals surface area contributed by atoms with Crippen LogP contribution in [-0.2, 0) is 6.54 Å². The molecule has 3 aromatic heterocycles. The number of nitrogens with zero attached hydrogens (tertiary/aromatic N) is 5. The van der Waals surface area contributed by atoms with E-state index in [4.69, 9.17) is 16.0 Å². The highest BCUT2D eigenvalue weighted by atomic mass is 35.5. The Hall–Kier alpha value is -3.24. The predicted molar refractivity (Wildman–Crippen MR) is 118 cm³/mol. The Morgan fingerprint density at radius 3 is 2.71 bits per heavy atom. The van der Waals surface area contributed by atoms with Crippen LogP contribution in [0.3, 0.4) is 0 Å². The molecule has 31 heavy (non-hydrogen) atoms. The summed E-state index contributed by atoms with van der Waals surface area (Å²) >= 11 is 7.49. The molecule has 3 heterocycles. The van der Waals surface area contributed by atoms with Gasteiger partial charge >= 0.3 is 5.88 Å². The number of thiazole rings is 1. The maximum absolute atomic E-state index is 13.2. The van der Waals surface area contributed by atoms with Crippen molar-refractivity contribution in [3.63, 3.8) is 0 Å². The van der Waals surface area contributed by atoms with E-state index >= 15 is 0 Å². The Balaban J connectivity index is 1.72. The van der Waals surface area contributed by atoms with Crippen LogP contribution in [0.5, 0.6) is 0 Å². The van der Waals surface area contributed by atoms with E-state index in [1.54, 1.807) is 10.7 Å². The van der Waals surface area contributed by atoms with E-state index in [1.165, 1.54) is 22.3 Å². The largest absolute Gasteiger partial charge is 0.433 e. The fourth-order valence-corrected chi connectivity index (χ4v) is 4.76. The minimum absolute atomic E-state index is 0.130. The van der Waals surface area contributed by atoms with Crippen molar-refractivity contribution < 1.29 is 14.1 Å². The fraction of sp³-hybridized carbons (Fsp3) is 0.250. The Kier molecular flexibility index (Phi) is 5.50.